The maximum Gasteiger partial charge on any atom is 0.178 e. The number of anilines is 1. The first-order chi connectivity index (χ1) is 7.75. The second kappa shape index (κ2) is 5.25. The second-order valence-corrected chi connectivity index (χ2v) is 4.72. The monoisotopic (exact) mass is 280 g/mol. The smallest absolute Gasteiger partial charge is 0.178 e. The molecule has 0 aliphatic heterocycles. The van der Waals surface area contributed by atoms with Gasteiger partial charge in [0.15, 0.2) is 5.78 Å². The van der Waals surface area contributed by atoms with E-state index in [9.17, 15) is 4.79 Å². The quantitative estimate of drug-likeness (QED) is 0.844. The Balaban J connectivity index is 2.02. The molecule has 0 amide bonds. The number of nitrogens with one attached hydrogen (secondary N) is 1. The third-order valence-corrected chi connectivity index (χ3v) is 3.08. The number of rotatable bonds is 2. The number of carbonyl (C=O) groups excluding carboxylic acids is 1. The van der Waals surface area contributed by atoms with Gasteiger partial charge in [-0.2, -0.15) is 5.10 Å². The van der Waals surface area contributed by atoms with Crippen LogP contribution in [0.3, 0.4) is 0 Å². The van der Waals surface area contributed by atoms with Crippen LogP contribution in [0.15, 0.2) is 33.8 Å². The molecule has 1 N–H and O–H groups in total. The van der Waals surface area contributed by atoms with Crippen molar-refractivity contribution in [2.24, 2.45) is 5.10 Å². The minimum absolute atomic E-state index is 0.177. The standard InChI is InChI=1S/C12H13BrN2O/c13-9-5-7-10(8-6-9)14-15-11-3-1-2-4-12(11)16/h5-8,14H,1-4H2. The average molecular weight is 281 g/mol. The summed E-state index contributed by atoms with van der Waals surface area (Å²) >= 11 is 3.36. The van der Waals surface area contributed by atoms with Crippen LogP contribution in [0.2, 0.25) is 0 Å². The highest BCUT2D eigenvalue weighted by Crippen LogP contribution is 2.15. The molecule has 0 spiro atoms. The van der Waals surface area contributed by atoms with Crippen molar-refractivity contribution in [2.45, 2.75) is 25.7 Å². The van der Waals surface area contributed by atoms with Gasteiger partial charge in [0.25, 0.3) is 0 Å². The molecule has 84 valence electrons. The Kier molecular flexibility index (Phi) is 3.72. The highest BCUT2D eigenvalue weighted by Gasteiger charge is 2.16. The predicted molar refractivity (Wildman–Crippen MR) is 68.7 cm³/mol. The number of benzene rings is 1. The van der Waals surface area contributed by atoms with E-state index in [2.05, 4.69) is 26.5 Å². The van der Waals surface area contributed by atoms with E-state index >= 15 is 0 Å². The first-order valence-corrected chi connectivity index (χ1v) is 6.16. The average Bonchev–Trinajstić information content (AvgIpc) is 2.30. The Bertz CT molecular complexity index is 412. The molecule has 0 bridgehead atoms. The van der Waals surface area contributed by atoms with Crippen LogP contribution >= 0.6 is 15.9 Å². The summed E-state index contributed by atoms with van der Waals surface area (Å²) in [5, 5.41) is 4.17. The fourth-order valence-corrected chi connectivity index (χ4v) is 1.90. The maximum absolute atomic E-state index is 11.5. The molecule has 0 aromatic heterocycles. The summed E-state index contributed by atoms with van der Waals surface area (Å²) in [5.74, 6) is 0.177. The van der Waals surface area contributed by atoms with E-state index in [0.717, 1.165) is 29.4 Å². The third-order valence-electron chi connectivity index (χ3n) is 2.55. The van der Waals surface area contributed by atoms with E-state index in [0.29, 0.717) is 12.1 Å². The van der Waals surface area contributed by atoms with Gasteiger partial charge < -0.3 is 0 Å². The zero-order valence-electron chi connectivity index (χ0n) is 8.87. The van der Waals surface area contributed by atoms with E-state index < -0.39 is 0 Å². The number of hydrogen-bond acceptors (Lipinski definition) is 3. The molecule has 1 fully saturated rings. The van der Waals surface area contributed by atoms with Crippen LogP contribution in [0.25, 0.3) is 0 Å². The lowest BCUT2D eigenvalue weighted by Crippen LogP contribution is -2.19. The summed E-state index contributed by atoms with van der Waals surface area (Å²) in [6.07, 6.45) is 3.49. The number of ketones is 1. The van der Waals surface area contributed by atoms with Crippen LogP contribution in [-0.2, 0) is 4.79 Å². The normalized spacial score (nSPS) is 18.8. The van der Waals surface area contributed by atoms with Crippen LogP contribution in [-0.4, -0.2) is 11.5 Å². The van der Waals surface area contributed by atoms with E-state index in [1.165, 1.54) is 0 Å². The summed E-state index contributed by atoms with van der Waals surface area (Å²) in [5.41, 5.74) is 4.49. The zero-order valence-corrected chi connectivity index (χ0v) is 10.5. The van der Waals surface area contributed by atoms with E-state index in [1.54, 1.807) is 0 Å². The molecule has 1 aromatic rings. The Morgan fingerprint density at radius 3 is 2.50 bits per heavy atom. The molecule has 0 saturated heterocycles. The van der Waals surface area contributed by atoms with E-state index in [-0.39, 0.29) is 5.78 Å². The minimum Gasteiger partial charge on any atom is -0.293 e. The lowest BCUT2D eigenvalue weighted by atomic mass is 9.97. The zero-order chi connectivity index (χ0) is 11.4. The van der Waals surface area contributed by atoms with Gasteiger partial charge in [0.05, 0.1) is 5.69 Å². The van der Waals surface area contributed by atoms with Crippen LogP contribution in [0, 0.1) is 0 Å². The van der Waals surface area contributed by atoms with Gasteiger partial charge in [-0.25, -0.2) is 0 Å². The van der Waals surface area contributed by atoms with Crippen molar-refractivity contribution in [1.29, 1.82) is 0 Å². The molecule has 4 heteroatoms. The van der Waals surface area contributed by atoms with Gasteiger partial charge >= 0.3 is 0 Å². The maximum atomic E-state index is 11.5. The SMILES string of the molecule is O=C1CCCCC1=NNc1ccc(Br)cc1. The van der Waals surface area contributed by atoms with Crippen molar-refractivity contribution in [3.63, 3.8) is 0 Å². The number of carbonyl (C=O) groups is 1. The fraction of sp³-hybridized carbons (Fsp3) is 0.333. The number of halogens is 1. The highest BCUT2D eigenvalue weighted by atomic mass is 79.9. The topological polar surface area (TPSA) is 41.5 Å². The van der Waals surface area contributed by atoms with Crippen molar-refractivity contribution >= 4 is 33.1 Å². The number of nitrogens with zero attached hydrogens (tertiary/aromatic N) is 1. The minimum atomic E-state index is 0.177. The Hall–Kier alpha value is -1.16. The van der Waals surface area contributed by atoms with Crippen molar-refractivity contribution in [3.05, 3.63) is 28.7 Å². The summed E-state index contributed by atoms with van der Waals surface area (Å²) in [7, 11) is 0. The van der Waals surface area contributed by atoms with Crippen LogP contribution in [0.1, 0.15) is 25.7 Å². The van der Waals surface area contributed by atoms with Crippen molar-refractivity contribution < 1.29 is 4.79 Å². The molecular weight excluding hydrogens is 268 g/mol. The van der Waals surface area contributed by atoms with E-state index in [1.807, 2.05) is 24.3 Å². The summed E-state index contributed by atoms with van der Waals surface area (Å²) in [4.78, 5) is 11.5. The van der Waals surface area contributed by atoms with Crippen molar-refractivity contribution in [1.82, 2.24) is 0 Å². The Morgan fingerprint density at radius 2 is 1.81 bits per heavy atom. The Morgan fingerprint density at radius 1 is 1.12 bits per heavy atom. The second-order valence-electron chi connectivity index (χ2n) is 3.81. The molecule has 1 aromatic carbocycles. The summed E-state index contributed by atoms with van der Waals surface area (Å²) < 4.78 is 1.03. The Labute approximate surface area is 103 Å². The van der Waals surface area contributed by atoms with Gasteiger partial charge in [-0.3, -0.25) is 10.2 Å². The number of hydrogen-bond donors (Lipinski definition) is 1. The predicted octanol–water partition coefficient (Wildman–Crippen LogP) is 3.36. The lowest BCUT2D eigenvalue weighted by Gasteiger charge is -2.11. The molecule has 3 nitrogen and oxygen atoms in total. The highest BCUT2D eigenvalue weighted by molar-refractivity contribution is 9.10. The largest absolute Gasteiger partial charge is 0.293 e. The fourth-order valence-electron chi connectivity index (χ4n) is 1.64. The number of Topliss-reactive ketones (excluding diaryl/α,β-unsaturated/α-hetero) is 1. The van der Waals surface area contributed by atoms with Gasteiger partial charge in [0, 0.05) is 10.9 Å². The van der Waals surface area contributed by atoms with Crippen LogP contribution < -0.4 is 5.43 Å². The molecule has 0 unspecified atom stereocenters. The van der Waals surface area contributed by atoms with Crippen LogP contribution in [0.5, 0.6) is 0 Å². The lowest BCUT2D eigenvalue weighted by molar-refractivity contribution is -0.113. The van der Waals surface area contributed by atoms with Gasteiger partial charge in [-0.15, -0.1) is 0 Å². The number of hydrazone groups is 1. The molecule has 16 heavy (non-hydrogen) atoms. The van der Waals surface area contributed by atoms with Gasteiger partial charge in [-0.1, -0.05) is 15.9 Å². The van der Waals surface area contributed by atoms with Gasteiger partial charge in [0.2, 0.25) is 0 Å². The van der Waals surface area contributed by atoms with Crippen LogP contribution in [0.4, 0.5) is 5.69 Å². The van der Waals surface area contributed by atoms with E-state index in [4.69, 9.17) is 0 Å². The molecule has 1 saturated carbocycles. The molecule has 0 atom stereocenters. The molecular formula is C12H13BrN2O. The van der Waals surface area contributed by atoms with Gasteiger partial charge in [0.1, 0.15) is 5.71 Å². The van der Waals surface area contributed by atoms with Gasteiger partial charge in [-0.05, 0) is 43.5 Å². The third kappa shape index (κ3) is 2.92. The van der Waals surface area contributed by atoms with Crippen molar-refractivity contribution in [2.75, 3.05) is 5.43 Å². The molecule has 1 aliphatic carbocycles. The molecule has 2 rings (SSSR count). The first kappa shape index (κ1) is 11.3. The summed E-state index contributed by atoms with van der Waals surface area (Å²) in [6.45, 7) is 0. The summed E-state index contributed by atoms with van der Waals surface area (Å²) in [6, 6.07) is 7.71. The molecule has 1 aliphatic rings. The van der Waals surface area contributed by atoms with Crippen molar-refractivity contribution in [3.8, 4) is 0 Å². The molecule has 0 heterocycles. The first-order valence-electron chi connectivity index (χ1n) is 5.37. The molecule has 0 radical (unpaired) electrons.